The Hall–Kier alpha value is -1.11. The van der Waals surface area contributed by atoms with E-state index >= 15 is 0 Å². The number of nitrogen functional groups attached to an aromatic ring is 1. The molecule has 0 aromatic heterocycles. The normalized spacial score (nSPS) is 13.8. The molecule has 2 nitrogen and oxygen atoms in total. The van der Waals surface area contributed by atoms with Gasteiger partial charge in [0.15, 0.2) is 0 Å². The molecule has 1 rings (SSSR count). The summed E-state index contributed by atoms with van der Waals surface area (Å²) in [7, 11) is -1.70. The largest absolute Gasteiger partial charge is 0.416 e. The molecule has 0 spiro atoms. The monoisotopic (exact) mass is 255 g/mol. The van der Waals surface area contributed by atoms with Gasteiger partial charge in [-0.2, -0.15) is 13.2 Å². The lowest BCUT2D eigenvalue weighted by atomic mass is 10.2. The Labute approximate surface area is 91.9 Å². The number of anilines is 1. The van der Waals surface area contributed by atoms with Gasteiger partial charge in [-0.05, 0) is 18.2 Å². The first-order valence-electron chi connectivity index (χ1n) is 4.27. The zero-order valence-electron chi connectivity index (χ0n) is 8.05. The second-order valence-electron chi connectivity index (χ2n) is 2.99. The summed E-state index contributed by atoms with van der Waals surface area (Å²) in [5.74, 6) is -0.268. The molecule has 90 valence electrons. The van der Waals surface area contributed by atoms with Crippen LogP contribution in [0.4, 0.5) is 23.2 Å². The zero-order valence-corrected chi connectivity index (χ0v) is 8.87. The number of hydrogen-bond acceptors (Lipinski definition) is 2. The molecule has 0 saturated carbocycles. The lowest BCUT2D eigenvalue weighted by Gasteiger charge is -2.10. The van der Waals surface area contributed by atoms with Gasteiger partial charge in [-0.3, -0.25) is 8.60 Å². The number of alkyl halides is 4. The third-order valence-electron chi connectivity index (χ3n) is 1.84. The average Bonchev–Trinajstić information content (AvgIpc) is 2.16. The summed E-state index contributed by atoms with van der Waals surface area (Å²) in [5.41, 5.74) is 4.19. The third-order valence-corrected chi connectivity index (χ3v) is 3.23. The molecule has 2 N–H and O–H groups in total. The van der Waals surface area contributed by atoms with Crippen molar-refractivity contribution < 1.29 is 21.8 Å². The van der Waals surface area contributed by atoms with Crippen LogP contribution in [-0.4, -0.2) is 16.6 Å². The Morgan fingerprint density at radius 2 is 1.94 bits per heavy atom. The van der Waals surface area contributed by atoms with E-state index in [-0.39, 0.29) is 16.3 Å². The topological polar surface area (TPSA) is 43.1 Å². The summed E-state index contributed by atoms with van der Waals surface area (Å²) in [6, 6.07) is 2.50. The molecule has 0 aliphatic heterocycles. The molecule has 0 fully saturated rings. The second-order valence-corrected chi connectivity index (χ2v) is 4.53. The molecule has 1 aromatic rings. The SMILES string of the molecule is Nc1cc(C(F)(F)F)ccc1S(=O)CCF. The summed E-state index contributed by atoms with van der Waals surface area (Å²) in [6.45, 7) is -0.812. The Morgan fingerprint density at radius 1 is 1.31 bits per heavy atom. The minimum absolute atomic E-state index is 0.0330. The predicted octanol–water partition coefficient (Wildman–Crippen LogP) is 2.36. The van der Waals surface area contributed by atoms with Gasteiger partial charge in [0, 0.05) is 5.69 Å². The molecule has 1 aromatic carbocycles. The van der Waals surface area contributed by atoms with Crippen molar-refractivity contribution in [3.05, 3.63) is 23.8 Å². The van der Waals surface area contributed by atoms with Gasteiger partial charge >= 0.3 is 6.18 Å². The van der Waals surface area contributed by atoms with Crippen LogP contribution in [0.1, 0.15) is 5.56 Å². The number of benzene rings is 1. The summed E-state index contributed by atoms with van der Waals surface area (Å²) in [5, 5.41) is 0. The zero-order chi connectivity index (χ0) is 12.3. The quantitative estimate of drug-likeness (QED) is 0.665. The van der Waals surface area contributed by atoms with Crippen molar-refractivity contribution in [3.63, 3.8) is 0 Å². The molecular formula is C9H9F4NOS. The standard InChI is InChI=1S/C9H9F4NOS/c10-3-4-16(15)8-2-1-6(5-7(8)14)9(11,12)13/h1-2,5H,3-4,14H2. The van der Waals surface area contributed by atoms with Crippen LogP contribution in [0.25, 0.3) is 0 Å². The fourth-order valence-electron chi connectivity index (χ4n) is 1.11. The molecule has 0 heterocycles. The average molecular weight is 255 g/mol. The van der Waals surface area contributed by atoms with Crippen molar-refractivity contribution in [1.82, 2.24) is 0 Å². The molecule has 0 amide bonds. The summed E-state index contributed by atoms with van der Waals surface area (Å²) in [4.78, 5) is 0.0330. The van der Waals surface area contributed by atoms with E-state index < -0.39 is 29.2 Å². The van der Waals surface area contributed by atoms with E-state index in [1.807, 2.05) is 0 Å². The molecule has 16 heavy (non-hydrogen) atoms. The first kappa shape index (κ1) is 13.0. The molecule has 0 aliphatic rings. The molecule has 1 atom stereocenters. The lowest BCUT2D eigenvalue weighted by Crippen LogP contribution is -2.08. The van der Waals surface area contributed by atoms with Crippen molar-refractivity contribution in [1.29, 1.82) is 0 Å². The summed E-state index contributed by atoms with van der Waals surface area (Å²) in [6.07, 6.45) is -4.49. The summed E-state index contributed by atoms with van der Waals surface area (Å²) >= 11 is 0. The molecule has 0 radical (unpaired) electrons. The molecule has 0 bridgehead atoms. The van der Waals surface area contributed by atoms with Crippen LogP contribution in [0.5, 0.6) is 0 Å². The van der Waals surface area contributed by atoms with Crippen molar-refractivity contribution in [2.75, 3.05) is 18.2 Å². The lowest BCUT2D eigenvalue weighted by molar-refractivity contribution is -0.137. The smallest absolute Gasteiger partial charge is 0.398 e. The van der Waals surface area contributed by atoms with Gasteiger partial charge in [0.1, 0.15) is 6.67 Å². The molecule has 0 saturated heterocycles. The van der Waals surface area contributed by atoms with E-state index in [1.54, 1.807) is 0 Å². The van der Waals surface area contributed by atoms with Crippen LogP contribution in [0.3, 0.4) is 0 Å². The minimum atomic E-state index is -4.49. The van der Waals surface area contributed by atoms with E-state index in [2.05, 4.69) is 0 Å². The van der Waals surface area contributed by atoms with Crippen molar-refractivity contribution in [2.24, 2.45) is 0 Å². The molecular weight excluding hydrogens is 246 g/mol. The highest BCUT2D eigenvalue weighted by Gasteiger charge is 2.31. The van der Waals surface area contributed by atoms with Crippen LogP contribution in [0.2, 0.25) is 0 Å². The number of nitrogens with two attached hydrogens (primary N) is 1. The van der Waals surface area contributed by atoms with Crippen molar-refractivity contribution >= 4 is 16.5 Å². The molecule has 1 unspecified atom stereocenters. The Bertz CT molecular complexity index is 405. The highest BCUT2D eigenvalue weighted by atomic mass is 32.2. The predicted molar refractivity (Wildman–Crippen MR) is 53.1 cm³/mol. The summed E-state index contributed by atoms with van der Waals surface area (Å²) < 4.78 is 60.0. The highest BCUT2D eigenvalue weighted by molar-refractivity contribution is 7.85. The third kappa shape index (κ3) is 2.94. The van der Waals surface area contributed by atoms with Gasteiger partial charge in [-0.15, -0.1) is 0 Å². The van der Waals surface area contributed by atoms with E-state index in [0.717, 1.165) is 12.1 Å². The van der Waals surface area contributed by atoms with E-state index in [4.69, 9.17) is 5.73 Å². The fourth-order valence-corrected chi connectivity index (χ4v) is 2.01. The van der Waals surface area contributed by atoms with Gasteiger partial charge in [0.05, 0.1) is 27.0 Å². The van der Waals surface area contributed by atoms with Crippen LogP contribution < -0.4 is 5.73 Å². The van der Waals surface area contributed by atoms with E-state index in [1.165, 1.54) is 0 Å². The fraction of sp³-hybridized carbons (Fsp3) is 0.333. The Kier molecular flexibility index (Phi) is 3.90. The van der Waals surface area contributed by atoms with E-state index in [0.29, 0.717) is 6.07 Å². The van der Waals surface area contributed by atoms with E-state index in [9.17, 15) is 21.8 Å². The van der Waals surface area contributed by atoms with Crippen LogP contribution in [-0.2, 0) is 17.0 Å². The Balaban J connectivity index is 3.05. The number of rotatable bonds is 3. The molecule has 0 aliphatic carbocycles. The first-order chi connectivity index (χ1) is 7.36. The highest BCUT2D eigenvalue weighted by Crippen LogP contribution is 2.32. The number of hydrogen-bond donors (Lipinski definition) is 1. The Morgan fingerprint density at radius 3 is 2.38 bits per heavy atom. The van der Waals surface area contributed by atoms with Crippen molar-refractivity contribution in [3.8, 4) is 0 Å². The van der Waals surface area contributed by atoms with Gasteiger partial charge in [0.25, 0.3) is 0 Å². The minimum Gasteiger partial charge on any atom is -0.398 e. The van der Waals surface area contributed by atoms with Crippen molar-refractivity contribution in [2.45, 2.75) is 11.1 Å². The van der Waals surface area contributed by atoms with Gasteiger partial charge in [0.2, 0.25) is 0 Å². The molecule has 7 heteroatoms. The van der Waals surface area contributed by atoms with Gasteiger partial charge in [-0.1, -0.05) is 0 Å². The van der Waals surface area contributed by atoms with Crippen LogP contribution in [0.15, 0.2) is 23.1 Å². The van der Waals surface area contributed by atoms with Gasteiger partial charge in [-0.25, -0.2) is 0 Å². The maximum absolute atomic E-state index is 12.3. The van der Waals surface area contributed by atoms with Crippen LogP contribution >= 0.6 is 0 Å². The van der Waals surface area contributed by atoms with Crippen LogP contribution in [0, 0.1) is 0 Å². The maximum Gasteiger partial charge on any atom is 0.416 e. The number of halogens is 4. The van der Waals surface area contributed by atoms with Gasteiger partial charge < -0.3 is 5.73 Å². The first-order valence-corrected chi connectivity index (χ1v) is 5.59. The maximum atomic E-state index is 12.3. The second kappa shape index (κ2) is 4.82.